The number of aryl methyl sites for hydroxylation is 1. The summed E-state index contributed by atoms with van der Waals surface area (Å²) in [5.74, 6) is 0. The first-order valence-corrected chi connectivity index (χ1v) is 8.53. The second-order valence-electron chi connectivity index (χ2n) is 5.72. The minimum Gasteiger partial charge on any atom is -0.399 e. The van der Waals surface area contributed by atoms with E-state index in [0.29, 0.717) is 29.7 Å². The molecule has 0 radical (unpaired) electrons. The fourth-order valence-electron chi connectivity index (χ4n) is 3.28. The van der Waals surface area contributed by atoms with Crippen LogP contribution in [0.3, 0.4) is 0 Å². The van der Waals surface area contributed by atoms with Crippen molar-refractivity contribution in [3.63, 3.8) is 0 Å². The quantitative estimate of drug-likeness (QED) is 0.828. The summed E-state index contributed by atoms with van der Waals surface area (Å²) in [5.41, 5.74) is 7.02. The van der Waals surface area contributed by atoms with Gasteiger partial charge in [-0.15, -0.1) is 0 Å². The van der Waals surface area contributed by atoms with E-state index in [1.807, 2.05) is 0 Å². The van der Waals surface area contributed by atoms with E-state index in [9.17, 15) is 8.42 Å². The van der Waals surface area contributed by atoms with Crippen molar-refractivity contribution in [1.82, 2.24) is 9.21 Å². The molecule has 1 unspecified atom stereocenters. The second kappa shape index (κ2) is 5.02. The maximum Gasteiger partial charge on any atom is 0.243 e. The van der Waals surface area contributed by atoms with Gasteiger partial charge in [-0.05, 0) is 50.1 Å². The Kier molecular flexibility index (Phi) is 3.48. The fourth-order valence-corrected chi connectivity index (χ4v) is 4.96. The number of nitrogens with two attached hydrogens (primary N) is 1. The van der Waals surface area contributed by atoms with E-state index in [1.54, 1.807) is 29.4 Å². The molecule has 0 spiro atoms. The molecule has 0 aliphatic carbocycles. The molecule has 6 heteroatoms. The minimum absolute atomic E-state index is 0.387. The van der Waals surface area contributed by atoms with Gasteiger partial charge in [0.2, 0.25) is 10.0 Å². The van der Waals surface area contributed by atoms with Crippen molar-refractivity contribution in [2.24, 2.45) is 0 Å². The Balaban J connectivity index is 1.88. The molecule has 2 fully saturated rings. The first-order valence-electron chi connectivity index (χ1n) is 7.09. The lowest BCUT2D eigenvalue weighted by Crippen LogP contribution is -2.51. The van der Waals surface area contributed by atoms with E-state index in [4.69, 9.17) is 5.73 Å². The van der Waals surface area contributed by atoms with Crippen LogP contribution in [0.4, 0.5) is 5.69 Å². The molecule has 1 atom stereocenters. The molecule has 0 saturated carbocycles. The fraction of sp³-hybridized carbons (Fsp3) is 0.571. The molecule has 110 valence electrons. The summed E-state index contributed by atoms with van der Waals surface area (Å²) in [4.78, 5) is 2.79. The second-order valence-corrected chi connectivity index (χ2v) is 7.63. The average Bonchev–Trinajstić information content (AvgIpc) is 2.85. The van der Waals surface area contributed by atoms with Crippen LogP contribution in [0, 0.1) is 6.92 Å². The molecule has 3 rings (SSSR count). The van der Waals surface area contributed by atoms with E-state index in [1.165, 1.54) is 6.42 Å². The van der Waals surface area contributed by atoms with Crippen LogP contribution >= 0.6 is 0 Å². The van der Waals surface area contributed by atoms with Crippen molar-refractivity contribution >= 4 is 15.7 Å². The van der Waals surface area contributed by atoms with Gasteiger partial charge in [0, 0.05) is 31.4 Å². The third-order valence-corrected chi connectivity index (χ3v) is 6.39. The van der Waals surface area contributed by atoms with Gasteiger partial charge in [0.15, 0.2) is 0 Å². The van der Waals surface area contributed by atoms with Gasteiger partial charge in [0.1, 0.15) is 0 Å². The first-order chi connectivity index (χ1) is 9.48. The van der Waals surface area contributed by atoms with Crippen molar-refractivity contribution in [3.05, 3.63) is 23.8 Å². The lowest BCUT2D eigenvalue weighted by Gasteiger charge is -2.36. The van der Waals surface area contributed by atoms with Crippen molar-refractivity contribution in [1.29, 1.82) is 0 Å². The third kappa shape index (κ3) is 2.32. The van der Waals surface area contributed by atoms with Crippen LogP contribution in [0.1, 0.15) is 18.4 Å². The number of hydrogen-bond acceptors (Lipinski definition) is 4. The molecule has 2 heterocycles. The van der Waals surface area contributed by atoms with Crippen molar-refractivity contribution < 1.29 is 8.42 Å². The summed E-state index contributed by atoms with van der Waals surface area (Å²) in [5, 5.41) is 0. The number of nitrogens with zero attached hydrogens (tertiary/aromatic N) is 2. The zero-order valence-corrected chi connectivity index (χ0v) is 12.6. The summed E-state index contributed by atoms with van der Waals surface area (Å²) >= 11 is 0. The van der Waals surface area contributed by atoms with Crippen LogP contribution in [-0.2, 0) is 10.0 Å². The molecule has 0 amide bonds. The van der Waals surface area contributed by atoms with Crippen molar-refractivity contribution in [3.8, 4) is 0 Å². The van der Waals surface area contributed by atoms with E-state index in [2.05, 4.69) is 4.90 Å². The van der Waals surface area contributed by atoms with E-state index in [-0.39, 0.29) is 0 Å². The van der Waals surface area contributed by atoms with Gasteiger partial charge in [-0.1, -0.05) is 0 Å². The highest BCUT2D eigenvalue weighted by atomic mass is 32.2. The van der Waals surface area contributed by atoms with Crippen LogP contribution in [0.25, 0.3) is 0 Å². The highest BCUT2D eigenvalue weighted by Crippen LogP contribution is 2.27. The van der Waals surface area contributed by atoms with Crippen LogP contribution in [0.5, 0.6) is 0 Å². The zero-order valence-electron chi connectivity index (χ0n) is 11.7. The smallest absolute Gasteiger partial charge is 0.243 e. The Bertz CT molecular complexity index is 615. The summed E-state index contributed by atoms with van der Waals surface area (Å²) in [6.45, 7) is 4.96. The Morgan fingerprint density at radius 1 is 1.25 bits per heavy atom. The average molecular weight is 295 g/mol. The number of fused-ring (bicyclic) bond motifs is 1. The Morgan fingerprint density at radius 3 is 2.80 bits per heavy atom. The molecule has 2 N–H and O–H groups in total. The summed E-state index contributed by atoms with van der Waals surface area (Å²) in [7, 11) is -3.40. The molecular weight excluding hydrogens is 274 g/mol. The van der Waals surface area contributed by atoms with Crippen LogP contribution < -0.4 is 5.73 Å². The molecule has 1 aromatic carbocycles. The molecular formula is C14H21N3O2S. The van der Waals surface area contributed by atoms with E-state index >= 15 is 0 Å². The molecule has 0 aromatic heterocycles. The van der Waals surface area contributed by atoms with Crippen molar-refractivity contribution in [2.45, 2.75) is 30.7 Å². The minimum atomic E-state index is -3.40. The third-order valence-electron chi connectivity index (χ3n) is 4.37. The summed E-state index contributed by atoms with van der Waals surface area (Å²) in [6, 6.07) is 5.40. The number of anilines is 1. The maximum absolute atomic E-state index is 12.8. The van der Waals surface area contributed by atoms with Gasteiger partial charge in [-0.2, -0.15) is 4.31 Å². The van der Waals surface area contributed by atoms with E-state index < -0.39 is 10.0 Å². The molecule has 2 saturated heterocycles. The topological polar surface area (TPSA) is 66.6 Å². The molecule has 5 nitrogen and oxygen atoms in total. The van der Waals surface area contributed by atoms with Gasteiger partial charge < -0.3 is 5.73 Å². The monoisotopic (exact) mass is 295 g/mol. The molecule has 1 aromatic rings. The molecule has 0 bridgehead atoms. The van der Waals surface area contributed by atoms with E-state index in [0.717, 1.165) is 25.1 Å². The number of benzene rings is 1. The summed E-state index contributed by atoms with van der Waals surface area (Å²) < 4.78 is 27.2. The normalized spacial score (nSPS) is 24.8. The lowest BCUT2D eigenvalue weighted by molar-refractivity contribution is 0.158. The Morgan fingerprint density at radius 2 is 2.05 bits per heavy atom. The van der Waals surface area contributed by atoms with Crippen LogP contribution in [0.2, 0.25) is 0 Å². The molecule has 2 aliphatic rings. The SMILES string of the molecule is Cc1cc(N)ccc1S(=O)(=O)N1CCN2CCCC2C1. The van der Waals surface area contributed by atoms with Crippen LogP contribution in [-0.4, -0.2) is 49.8 Å². The predicted octanol–water partition coefficient (Wildman–Crippen LogP) is 1.05. The zero-order chi connectivity index (χ0) is 14.3. The standard InChI is InChI=1S/C14H21N3O2S/c1-11-9-12(15)4-5-14(11)20(18,19)17-8-7-16-6-2-3-13(16)10-17/h4-5,9,13H,2-3,6-8,10,15H2,1H3. The predicted molar refractivity (Wildman–Crippen MR) is 78.9 cm³/mol. The number of rotatable bonds is 2. The molecule has 2 aliphatic heterocycles. The highest BCUT2D eigenvalue weighted by molar-refractivity contribution is 7.89. The van der Waals surface area contributed by atoms with Crippen LogP contribution in [0.15, 0.2) is 23.1 Å². The number of sulfonamides is 1. The van der Waals surface area contributed by atoms with Gasteiger partial charge in [0.25, 0.3) is 0 Å². The Hall–Kier alpha value is -1.11. The Labute approximate surface area is 120 Å². The largest absolute Gasteiger partial charge is 0.399 e. The molecule has 20 heavy (non-hydrogen) atoms. The number of piperazine rings is 1. The van der Waals surface area contributed by atoms with Gasteiger partial charge in [0.05, 0.1) is 4.90 Å². The van der Waals surface area contributed by atoms with Crippen molar-refractivity contribution in [2.75, 3.05) is 31.9 Å². The first kappa shape index (κ1) is 13.9. The van der Waals surface area contributed by atoms with Gasteiger partial charge >= 0.3 is 0 Å². The number of nitrogen functional groups attached to an aromatic ring is 1. The van der Waals surface area contributed by atoms with Gasteiger partial charge in [-0.3, -0.25) is 4.90 Å². The maximum atomic E-state index is 12.8. The summed E-state index contributed by atoms with van der Waals surface area (Å²) in [6.07, 6.45) is 2.28. The lowest BCUT2D eigenvalue weighted by atomic mass is 10.2. The highest BCUT2D eigenvalue weighted by Gasteiger charge is 2.36. The van der Waals surface area contributed by atoms with Gasteiger partial charge in [-0.25, -0.2) is 8.42 Å². The number of hydrogen-bond donors (Lipinski definition) is 1.